The third kappa shape index (κ3) is 1.97. The molecule has 1 unspecified atom stereocenters. The minimum absolute atomic E-state index is 0.223. The molecule has 5 nitrogen and oxygen atoms in total. The predicted octanol–water partition coefficient (Wildman–Crippen LogP) is 1.93. The smallest absolute Gasteiger partial charge is 0.343 e. The van der Waals surface area contributed by atoms with Gasteiger partial charge in [-0.1, -0.05) is 6.07 Å². The quantitative estimate of drug-likeness (QED) is 0.579. The molecule has 0 saturated heterocycles. The zero-order chi connectivity index (χ0) is 13.6. The highest BCUT2D eigenvalue weighted by molar-refractivity contribution is 5.85. The Hall–Kier alpha value is -2.30. The van der Waals surface area contributed by atoms with Gasteiger partial charge in [0.1, 0.15) is 11.3 Å². The highest BCUT2D eigenvalue weighted by Crippen LogP contribution is 2.34. The van der Waals surface area contributed by atoms with Gasteiger partial charge in [-0.3, -0.25) is 4.79 Å². The van der Waals surface area contributed by atoms with Crippen LogP contribution in [0.25, 0.3) is 11.0 Å². The third-order valence-corrected chi connectivity index (χ3v) is 3.02. The van der Waals surface area contributed by atoms with Crippen LogP contribution in [-0.4, -0.2) is 12.3 Å². The normalized spacial score (nSPS) is 17.1. The van der Waals surface area contributed by atoms with Crippen LogP contribution in [0.2, 0.25) is 0 Å². The van der Waals surface area contributed by atoms with Crippen LogP contribution in [0, 0.1) is 6.92 Å². The van der Waals surface area contributed by atoms with E-state index >= 15 is 0 Å². The summed E-state index contributed by atoms with van der Waals surface area (Å²) in [4.78, 5) is 22.8. The minimum Gasteiger partial charge on any atom is -0.453 e. The van der Waals surface area contributed by atoms with E-state index in [-0.39, 0.29) is 6.42 Å². The maximum atomic E-state index is 11.9. The average Bonchev–Trinajstić information content (AvgIpc) is 2.72. The van der Waals surface area contributed by atoms with Gasteiger partial charge in [-0.2, -0.15) is 0 Å². The van der Waals surface area contributed by atoms with Gasteiger partial charge in [-0.25, -0.2) is 4.79 Å². The molecule has 0 N–H and O–H groups in total. The zero-order valence-electron chi connectivity index (χ0n) is 10.6. The first-order chi connectivity index (χ1) is 9.04. The fraction of sp³-hybridized carbons (Fsp3) is 0.286. The van der Waals surface area contributed by atoms with E-state index in [1.807, 2.05) is 19.1 Å². The molecule has 0 saturated carbocycles. The Balaban J connectivity index is 2.13. The standard InChI is InChI=1S/C14H12O5/c1-7-3-4-9-11(5-7)18-14(16)10-6-12(17-8(2)15)19-13(9)10/h3-5,12H,6H2,1-2H3. The van der Waals surface area contributed by atoms with E-state index in [9.17, 15) is 9.59 Å². The average molecular weight is 260 g/mol. The van der Waals surface area contributed by atoms with Crippen molar-refractivity contribution in [2.24, 2.45) is 0 Å². The van der Waals surface area contributed by atoms with E-state index in [0.717, 1.165) is 10.9 Å². The Morgan fingerprint density at radius 3 is 2.95 bits per heavy atom. The van der Waals surface area contributed by atoms with E-state index in [4.69, 9.17) is 13.9 Å². The van der Waals surface area contributed by atoms with Crippen molar-refractivity contribution in [1.29, 1.82) is 0 Å². The Kier molecular flexibility index (Phi) is 2.55. The highest BCUT2D eigenvalue weighted by atomic mass is 16.7. The summed E-state index contributed by atoms with van der Waals surface area (Å²) in [5, 5.41) is 0.717. The Labute approximate surface area is 108 Å². The van der Waals surface area contributed by atoms with E-state index in [1.165, 1.54) is 6.92 Å². The number of benzene rings is 1. The Bertz CT molecular complexity index is 728. The first-order valence-corrected chi connectivity index (χ1v) is 5.95. The fourth-order valence-corrected chi connectivity index (χ4v) is 2.22. The number of fused-ring (bicyclic) bond motifs is 3. The number of aryl methyl sites for hydroxylation is 1. The number of rotatable bonds is 1. The molecule has 0 amide bonds. The van der Waals surface area contributed by atoms with Crippen molar-refractivity contribution in [3.63, 3.8) is 0 Å². The zero-order valence-corrected chi connectivity index (χ0v) is 10.6. The third-order valence-electron chi connectivity index (χ3n) is 3.02. The highest BCUT2D eigenvalue weighted by Gasteiger charge is 2.30. The molecule has 5 heteroatoms. The second-order valence-corrected chi connectivity index (χ2v) is 4.56. The summed E-state index contributed by atoms with van der Waals surface area (Å²) in [7, 11) is 0. The molecule has 0 spiro atoms. The van der Waals surface area contributed by atoms with E-state index < -0.39 is 17.9 Å². The van der Waals surface area contributed by atoms with Gasteiger partial charge in [0.15, 0.2) is 0 Å². The van der Waals surface area contributed by atoms with Crippen molar-refractivity contribution in [3.8, 4) is 5.75 Å². The molecule has 3 rings (SSSR count). The summed E-state index contributed by atoms with van der Waals surface area (Å²) in [5.41, 5.74) is 1.45. The van der Waals surface area contributed by atoms with Crippen LogP contribution < -0.4 is 10.4 Å². The van der Waals surface area contributed by atoms with Crippen LogP contribution >= 0.6 is 0 Å². The number of ether oxygens (including phenoxy) is 2. The molecule has 19 heavy (non-hydrogen) atoms. The number of esters is 1. The summed E-state index contributed by atoms with van der Waals surface area (Å²) in [6, 6.07) is 5.52. The number of hydrogen-bond donors (Lipinski definition) is 0. The summed E-state index contributed by atoms with van der Waals surface area (Å²) in [5.74, 6) is 0.0137. The Morgan fingerprint density at radius 2 is 2.21 bits per heavy atom. The van der Waals surface area contributed by atoms with Crippen molar-refractivity contribution in [1.82, 2.24) is 0 Å². The minimum atomic E-state index is -0.748. The van der Waals surface area contributed by atoms with Crippen LogP contribution in [-0.2, 0) is 16.0 Å². The topological polar surface area (TPSA) is 65.7 Å². The van der Waals surface area contributed by atoms with Crippen molar-refractivity contribution in [3.05, 3.63) is 39.7 Å². The molecule has 0 fully saturated rings. The monoisotopic (exact) mass is 260 g/mol. The second-order valence-electron chi connectivity index (χ2n) is 4.56. The lowest BCUT2D eigenvalue weighted by atomic mass is 10.1. The molecule has 2 aromatic rings. The van der Waals surface area contributed by atoms with Gasteiger partial charge in [0, 0.05) is 6.92 Å². The molecule has 1 aliphatic rings. The maximum Gasteiger partial charge on any atom is 0.343 e. The molecule has 1 aliphatic heterocycles. The van der Waals surface area contributed by atoms with Crippen LogP contribution in [0.3, 0.4) is 0 Å². The molecule has 1 aromatic heterocycles. The SMILES string of the molecule is CC(=O)OC1Cc2c(c3ccc(C)cc3oc2=O)O1. The summed E-state index contributed by atoms with van der Waals surface area (Å²) in [6.45, 7) is 3.21. The van der Waals surface area contributed by atoms with E-state index in [1.54, 1.807) is 6.07 Å². The summed E-state index contributed by atoms with van der Waals surface area (Å²) >= 11 is 0. The van der Waals surface area contributed by atoms with Gasteiger partial charge in [0.25, 0.3) is 0 Å². The summed E-state index contributed by atoms with van der Waals surface area (Å²) in [6.07, 6.45) is -0.525. The predicted molar refractivity (Wildman–Crippen MR) is 67.1 cm³/mol. The van der Waals surface area contributed by atoms with Gasteiger partial charge in [0.05, 0.1) is 17.4 Å². The van der Waals surface area contributed by atoms with Crippen LogP contribution in [0.5, 0.6) is 5.75 Å². The number of carbonyl (C=O) groups excluding carboxylic acids is 1. The number of carbonyl (C=O) groups is 1. The lowest BCUT2D eigenvalue weighted by Crippen LogP contribution is -2.20. The molecule has 0 bridgehead atoms. The molecular formula is C14H12O5. The fourth-order valence-electron chi connectivity index (χ4n) is 2.22. The summed E-state index contributed by atoms with van der Waals surface area (Å²) < 4.78 is 15.8. The van der Waals surface area contributed by atoms with Crippen molar-refractivity contribution in [2.45, 2.75) is 26.6 Å². The van der Waals surface area contributed by atoms with Crippen molar-refractivity contribution >= 4 is 16.9 Å². The largest absolute Gasteiger partial charge is 0.453 e. The second kappa shape index (κ2) is 4.12. The first kappa shape index (κ1) is 11.8. The molecule has 0 radical (unpaired) electrons. The van der Waals surface area contributed by atoms with Gasteiger partial charge in [-0.05, 0) is 24.6 Å². The van der Waals surface area contributed by atoms with Crippen LogP contribution in [0.15, 0.2) is 27.4 Å². The molecule has 1 aromatic carbocycles. The maximum absolute atomic E-state index is 11.9. The van der Waals surface area contributed by atoms with Gasteiger partial charge < -0.3 is 13.9 Å². The lowest BCUT2D eigenvalue weighted by molar-refractivity contribution is -0.158. The molecular weight excluding hydrogens is 248 g/mol. The van der Waals surface area contributed by atoms with Crippen molar-refractivity contribution < 1.29 is 18.7 Å². The van der Waals surface area contributed by atoms with E-state index in [2.05, 4.69) is 0 Å². The van der Waals surface area contributed by atoms with Crippen LogP contribution in [0.1, 0.15) is 18.1 Å². The molecule has 98 valence electrons. The van der Waals surface area contributed by atoms with Gasteiger partial charge in [-0.15, -0.1) is 0 Å². The van der Waals surface area contributed by atoms with Crippen molar-refractivity contribution in [2.75, 3.05) is 0 Å². The first-order valence-electron chi connectivity index (χ1n) is 5.95. The van der Waals surface area contributed by atoms with Gasteiger partial charge >= 0.3 is 11.6 Å². The molecule has 2 heterocycles. The Morgan fingerprint density at radius 1 is 1.42 bits per heavy atom. The van der Waals surface area contributed by atoms with E-state index in [0.29, 0.717) is 16.9 Å². The van der Waals surface area contributed by atoms with Gasteiger partial charge in [0.2, 0.25) is 6.29 Å². The molecule has 0 aliphatic carbocycles. The lowest BCUT2D eigenvalue weighted by Gasteiger charge is -2.10. The number of hydrogen-bond acceptors (Lipinski definition) is 5. The molecule has 1 atom stereocenters. The van der Waals surface area contributed by atoms with Crippen LogP contribution in [0.4, 0.5) is 0 Å².